The fraction of sp³-hybridized carbons (Fsp3) is 0.211. The highest BCUT2D eigenvalue weighted by molar-refractivity contribution is 9.11. The molecule has 3 aromatic rings. The standard InChI is InChI=1S/C19H18BrFN4O2S/c1-11(24-19(27)16-5-6-17(20)28-16)18(26)23-10-13-3-4-15(14(21)9-13)25-8-7-22-12(25)2/h3-9,11H,10H2,1-2H3,(H,23,26)(H,24,27). The summed E-state index contributed by atoms with van der Waals surface area (Å²) in [4.78, 5) is 28.9. The van der Waals surface area contributed by atoms with Gasteiger partial charge in [-0.25, -0.2) is 9.37 Å². The molecule has 0 fully saturated rings. The Bertz CT molecular complexity index is 1020. The second-order valence-corrected chi connectivity index (χ2v) is 8.61. The summed E-state index contributed by atoms with van der Waals surface area (Å²) in [5, 5.41) is 5.35. The first kappa shape index (κ1) is 20.2. The van der Waals surface area contributed by atoms with Gasteiger partial charge in [0.2, 0.25) is 5.91 Å². The van der Waals surface area contributed by atoms with Crippen molar-refractivity contribution in [2.75, 3.05) is 0 Å². The molecule has 1 aromatic carbocycles. The maximum absolute atomic E-state index is 14.4. The van der Waals surface area contributed by atoms with Crippen molar-refractivity contribution in [3.05, 3.63) is 68.6 Å². The van der Waals surface area contributed by atoms with E-state index in [4.69, 9.17) is 0 Å². The molecule has 9 heteroatoms. The molecule has 2 heterocycles. The predicted octanol–water partition coefficient (Wildman–Crippen LogP) is 3.58. The van der Waals surface area contributed by atoms with Gasteiger partial charge in [0.15, 0.2) is 0 Å². The summed E-state index contributed by atoms with van der Waals surface area (Å²) in [5.74, 6) is -0.386. The van der Waals surface area contributed by atoms with E-state index in [-0.39, 0.29) is 18.4 Å². The number of rotatable bonds is 6. The zero-order chi connectivity index (χ0) is 20.3. The molecule has 0 bridgehead atoms. The van der Waals surface area contributed by atoms with Crippen LogP contribution in [0.1, 0.15) is 28.0 Å². The Balaban J connectivity index is 1.57. The van der Waals surface area contributed by atoms with Crippen molar-refractivity contribution in [1.29, 1.82) is 0 Å². The molecule has 0 saturated heterocycles. The Morgan fingerprint density at radius 1 is 1.32 bits per heavy atom. The lowest BCUT2D eigenvalue weighted by Gasteiger charge is -2.14. The summed E-state index contributed by atoms with van der Waals surface area (Å²) in [5.41, 5.74) is 1.01. The van der Waals surface area contributed by atoms with E-state index in [2.05, 4.69) is 31.5 Å². The summed E-state index contributed by atoms with van der Waals surface area (Å²) in [6, 6.07) is 7.50. The van der Waals surface area contributed by atoms with Gasteiger partial charge in [-0.1, -0.05) is 6.07 Å². The van der Waals surface area contributed by atoms with E-state index in [0.717, 1.165) is 3.79 Å². The highest BCUT2D eigenvalue weighted by Gasteiger charge is 2.17. The van der Waals surface area contributed by atoms with Crippen LogP contribution in [0, 0.1) is 12.7 Å². The third kappa shape index (κ3) is 4.66. The zero-order valence-corrected chi connectivity index (χ0v) is 17.6. The van der Waals surface area contributed by atoms with Gasteiger partial charge in [0, 0.05) is 18.9 Å². The molecule has 0 spiro atoms. The number of imidazole rings is 1. The minimum absolute atomic E-state index is 0.156. The van der Waals surface area contributed by atoms with Gasteiger partial charge in [-0.2, -0.15) is 0 Å². The number of hydrogen-bond donors (Lipinski definition) is 2. The van der Waals surface area contributed by atoms with Crippen LogP contribution < -0.4 is 10.6 Å². The molecule has 2 amide bonds. The minimum atomic E-state index is -0.717. The third-order valence-electron chi connectivity index (χ3n) is 4.10. The summed E-state index contributed by atoms with van der Waals surface area (Å²) >= 11 is 4.58. The van der Waals surface area contributed by atoms with Crippen LogP contribution in [0.4, 0.5) is 4.39 Å². The predicted molar refractivity (Wildman–Crippen MR) is 109 cm³/mol. The number of amides is 2. The van der Waals surface area contributed by atoms with Gasteiger partial charge in [-0.3, -0.25) is 9.59 Å². The second-order valence-electron chi connectivity index (χ2n) is 6.15. The SMILES string of the molecule is Cc1nccn1-c1ccc(CNC(=O)C(C)NC(=O)c2ccc(Br)s2)cc1F. The van der Waals surface area contributed by atoms with E-state index < -0.39 is 11.9 Å². The van der Waals surface area contributed by atoms with Crippen molar-refractivity contribution in [1.82, 2.24) is 20.2 Å². The van der Waals surface area contributed by atoms with Crippen molar-refractivity contribution < 1.29 is 14.0 Å². The molecule has 2 aromatic heterocycles. The lowest BCUT2D eigenvalue weighted by atomic mass is 10.2. The van der Waals surface area contributed by atoms with E-state index in [1.165, 1.54) is 17.4 Å². The van der Waals surface area contributed by atoms with Crippen LogP contribution in [-0.2, 0) is 11.3 Å². The van der Waals surface area contributed by atoms with E-state index in [1.54, 1.807) is 55.1 Å². The average Bonchev–Trinajstić information content (AvgIpc) is 3.28. The van der Waals surface area contributed by atoms with Crippen molar-refractivity contribution >= 4 is 39.1 Å². The monoisotopic (exact) mass is 464 g/mol. The van der Waals surface area contributed by atoms with Crippen LogP contribution in [0.2, 0.25) is 0 Å². The molecule has 146 valence electrons. The smallest absolute Gasteiger partial charge is 0.262 e. The van der Waals surface area contributed by atoms with Crippen molar-refractivity contribution in [3.8, 4) is 5.69 Å². The lowest BCUT2D eigenvalue weighted by Crippen LogP contribution is -2.44. The molecule has 3 rings (SSSR count). The number of benzene rings is 1. The number of hydrogen-bond acceptors (Lipinski definition) is 4. The first-order chi connectivity index (χ1) is 13.3. The van der Waals surface area contributed by atoms with Gasteiger partial charge < -0.3 is 15.2 Å². The molecule has 6 nitrogen and oxygen atoms in total. The largest absolute Gasteiger partial charge is 0.350 e. The average molecular weight is 465 g/mol. The molecule has 1 atom stereocenters. The van der Waals surface area contributed by atoms with Gasteiger partial charge in [-0.15, -0.1) is 11.3 Å². The third-order valence-corrected chi connectivity index (χ3v) is 5.72. The normalized spacial score (nSPS) is 11.9. The van der Waals surface area contributed by atoms with Crippen molar-refractivity contribution in [2.24, 2.45) is 0 Å². The Labute approximate surface area is 173 Å². The molecule has 28 heavy (non-hydrogen) atoms. The van der Waals surface area contributed by atoms with Crippen LogP contribution in [0.3, 0.4) is 0 Å². The molecular formula is C19H18BrFN4O2S. The number of nitrogens with one attached hydrogen (secondary N) is 2. The number of nitrogens with zero attached hydrogens (tertiary/aromatic N) is 2. The Kier molecular flexibility index (Phi) is 6.25. The summed E-state index contributed by atoms with van der Waals surface area (Å²) in [7, 11) is 0. The number of thiophene rings is 1. The van der Waals surface area contributed by atoms with Crippen molar-refractivity contribution in [3.63, 3.8) is 0 Å². The fourth-order valence-electron chi connectivity index (χ4n) is 2.60. The van der Waals surface area contributed by atoms with Crippen LogP contribution >= 0.6 is 27.3 Å². The summed E-state index contributed by atoms with van der Waals surface area (Å²) in [6.45, 7) is 3.54. The fourth-order valence-corrected chi connectivity index (χ4v) is 3.89. The van der Waals surface area contributed by atoms with E-state index in [0.29, 0.717) is 22.0 Å². The van der Waals surface area contributed by atoms with Crippen LogP contribution in [0.15, 0.2) is 46.5 Å². The first-order valence-electron chi connectivity index (χ1n) is 8.48. The van der Waals surface area contributed by atoms with Gasteiger partial charge in [0.05, 0.1) is 14.4 Å². The summed E-state index contributed by atoms with van der Waals surface area (Å²) in [6.07, 6.45) is 3.29. The number of aryl methyl sites for hydroxylation is 1. The minimum Gasteiger partial charge on any atom is -0.350 e. The van der Waals surface area contributed by atoms with E-state index in [9.17, 15) is 14.0 Å². The van der Waals surface area contributed by atoms with Gasteiger partial charge in [0.1, 0.15) is 17.7 Å². The van der Waals surface area contributed by atoms with Gasteiger partial charge in [-0.05, 0) is 59.6 Å². The van der Waals surface area contributed by atoms with E-state index >= 15 is 0 Å². The van der Waals surface area contributed by atoms with Gasteiger partial charge in [0.25, 0.3) is 5.91 Å². The molecule has 0 aliphatic carbocycles. The molecule has 2 N–H and O–H groups in total. The van der Waals surface area contributed by atoms with Crippen LogP contribution in [-0.4, -0.2) is 27.4 Å². The maximum Gasteiger partial charge on any atom is 0.262 e. The summed E-state index contributed by atoms with van der Waals surface area (Å²) < 4.78 is 16.9. The molecule has 0 radical (unpaired) electrons. The Morgan fingerprint density at radius 2 is 2.11 bits per heavy atom. The second kappa shape index (κ2) is 8.66. The highest BCUT2D eigenvalue weighted by atomic mass is 79.9. The number of carbonyl (C=O) groups excluding carboxylic acids is 2. The van der Waals surface area contributed by atoms with Crippen LogP contribution in [0.5, 0.6) is 0 Å². The first-order valence-corrected chi connectivity index (χ1v) is 10.1. The number of carbonyl (C=O) groups is 2. The highest BCUT2D eigenvalue weighted by Crippen LogP contribution is 2.22. The maximum atomic E-state index is 14.4. The molecular weight excluding hydrogens is 447 g/mol. The molecule has 0 saturated carbocycles. The molecule has 1 unspecified atom stereocenters. The van der Waals surface area contributed by atoms with E-state index in [1.807, 2.05) is 0 Å². The van der Waals surface area contributed by atoms with Gasteiger partial charge >= 0.3 is 0 Å². The number of aromatic nitrogens is 2. The Morgan fingerprint density at radius 3 is 2.71 bits per heavy atom. The topological polar surface area (TPSA) is 76.0 Å². The number of halogens is 2. The Hall–Kier alpha value is -2.52. The van der Waals surface area contributed by atoms with Crippen molar-refractivity contribution in [2.45, 2.75) is 26.4 Å². The zero-order valence-electron chi connectivity index (χ0n) is 15.2. The molecule has 0 aliphatic heterocycles. The quantitative estimate of drug-likeness (QED) is 0.585. The van der Waals surface area contributed by atoms with Crippen LogP contribution in [0.25, 0.3) is 5.69 Å². The lowest BCUT2D eigenvalue weighted by molar-refractivity contribution is -0.122. The molecule has 0 aliphatic rings.